The molecule has 0 heterocycles. The van der Waals surface area contributed by atoms with Crippen molar-refractivity contribution in [2.24, 2.45) is 5.41 Å². The zero-order chi connectivity index (χ0) is 10.9. The summed E-state index contributed by atoms with van der Waals surface area (Å²) in [4.78, 5) is 21.5. The lowest BCUT2D eigenvalue weighted by Gasteiger charge is -2.24. The quantitative estimate of drug-likeness (QED) is 0.736. The van der Waals surface area contributed by atoms with Crippen LogP contribution in [0, 0.1) is 5.41 Å². The number of rotatable bonds is 2. The van der Waals surface area contributed by atoms with Crippen molar-refractivity contribution in [3.8, 4) is 0 Å². The predicted octanol–water partition coefficient (Wildman–Crippen LogP) is 1.61. The first-order valence-corrected chi connectivity index (χ1v) is 4.28. The van der Waals surface area contributed by atoms with E-state index in [1.54, 1.807) is 0 Å². The summed E-state index contributed by atoms with van der Waals surface area (Å²) >= 11 is 5.64. The van der Waals surface area contributed by atoms with Gasteiger partial charge in [0.05, 0.1) is 5.41 Å². The minimum Gasteiger partial charge on any atom is -0.481 e. The molecule has 14 heavy (non-hydrogen) atoms. The van der Waals surface area contributed by atoms with Crippen LogP contribution in [0.2, 0.25) is 0 Å². The minimum atomic E-state index is -1.22. The number of allylic oxidation sites excluding steroid dienone is 2. The lowest BCUT2D eigenvalue weighted by atomic mass is 9.80. The first-order valence-electron chi connectivity index (χ1n) is 3.91. The van der Waals surface area contributed by atoms with E-state index in [2.05, 4.69) is 0 Å². The summed E-state index contributed by atoms with van der Waals surface area (Å²) in [6, 6.07) is 0. The predicted molar refractivity (Wildman–Crippen MR) is 50.0 cm³/mol. The zero-order valence-electron chi connectivity index (χ0n) is 7.45. The third kappa shape index (κ3) is 1.96. The molecule has 1 rings (SSSR count). The van der Waals surface area contributed by atoms with Crippen molar-refractivity contribution in [1.29, 1.82) is 0 Å². The normalized spacial score (nSPS) is 26.4. The van der Waals surface area contributed by atoms with Crippen molar-refractivity contribution < 1.29 is 19.8 Å². The molecule has 0 amide bonds. The number of hydrogen-bond donors (Lipinski definition) is 2. The fourth-order valence-electron chi connectivity index (χ4n) is 1.28. The van der Waals surface area contributed by atoms with Crippen LogP contribution in [0.15, 0.2) is 22.8 Å². The second-order valence-electron chi connectivity index (χ2n) is 3.40. The molecule has 1 aliphatic rings. The van der Waals surface area contributed by atoms with Crippen LogP contribution in [0.3, 0.4) is 0 Å². The van der Waals surface area contributed by atoms with Crippen molar-refractivity contribution in [2.45, 2.75) is 13.3 Å². The van der Waals surface area contributed by atoms with E-state index in [1.165, 1.54) is 19.1 Å². The van der Waals surface area contributed by atoms with Crippen molar-refractivity contribution >= 4 is 23.5 Å². The molecule has 0 spiro atoms. The molecule has 0 bridgehead atoms. The number of carbonyl (C=O) groups is 2. The molecule has 0 radical (unpaired) electrons. The summed E-state index contributed by atoms with van der Waals surface area (Å²) < 4.78 is 0. The molecule has 1 unspecified atom stereocenters. The largest absolute Gasteiger partial charge is 0.481 e. The number of carboxylic acid groups (broad SMARTS) is 2. The van der Waals surface area contributed by atoms with Crippen LogP contribution in [-0.2, 0) is 9.59 Å². The van der Waals surface area contributed by atoms with E-state index >= 15 is 0 Å². The molecule has 0 aromatic heterocycles. The summed E-state index contributed by atoms with van der Waals surface area (Å²) in [7, 11) is 0. The molecule has 0 aliphatic heterocycles. The van der Waals surface area contributed by atoms with Gasteiger partial charge in [-0.3, -0.25) is 4.79 Å². The number of aliphatic carboxylic acids is 2. The Morgan fingerprint density at radius 1 is 1.50 bits per heavy atom. The van der Waals surface area contributed by atoms with Crippen LogP contribution in [0.5, 0.6) is 0 Å². The fraction of sp³-hybridized carbons (Fsp3) is 0.333. The van der Waals surface area contributed by atoms with Crippen molar-refractivity contribution in [3.63, 3.8) is 0 Å². The molecule has 5 heteroatoms. The van der Waals surface area contributed by atoms with Gasteiger partial charge in [-0.05, 0) is 25.5 Å². The first-order chi connectivity index (χ1) is 6.35. The molecule has 0 saturated carbocycles. The van der Waals surface area contributed by atoms with Crippen LogP contribution in [0.4, 0.5) is 0 Å². The Hall–Kier alpha value is -1.29. The van der Waals surface area contributed by atoms with Crippen molar-refractivity contribution in [3.05, 3.63) is 22.8 Å². The highest BCUT2D eigenvalue weighted by Gasteiger charge is 2.36. The summed E-state index contributed by atoms with van der Waals surface area (Å²) in [5.74, 6) is -2.22. The van der Waals surface area contributed by atoms with Gasteiger partial charge in [0, 0.05) is 10.6 Å². The molecule has 2 N–H and O–H groups in total. The second kappa shape index (κ2) is 3.46. The molecular formula is C9H9ClO4. The third-order valence-electron chi connectivity index (χ3n) is 2.09. The van der Waals surface area contributed by atoms with Crippen LogP contribution in [0.1, 0.15) is 13.3 Å². The maximum Gasteiger partial charge on any atom is 0.331 e. The molecule has 1 atom stereocenters. The van der Waals surface area contributed by atoms with E-state index in [0.29, 0.717) is 0 Å². The standard InChI is InChI=1S/C9H9ClO4/c1-9(8(13)14)3-5(7(11)12)2-6(10)4-9/h2,4H,3H2,1H3,(H,11,12)(H,13,14). The van der Waals surface area contributed by atoms with Gasteiger partial charge in [-0.25, -0.2) is 4.79 Å². The van der Waals surface area contributed by atoms with Crippen molar-refractivity contribution in [1.82, 2.24) is 0 Å². The number of halogens is 1. The van der Waals surface area contributed by atoms with Gasteiger partial charge < -0.3 is 10.2 Å². The Labute approximate surface area is 85.5 Å². The Balaban J connectivity index is 3.08. The lowest BCUT2D eigenvalue weighted by molar-refractivity contribution is -0.145. The molecule has 0 fully saturated rings. The Kier molecular flexibility index (Phi) is 2.66. The highest BCUT2D eigenvalue weighted by Crippen LogP contribution is 2.35. The van der Waals surface area contributed by atoms with E-state index in [4.69, 9.17) is 21.8 Å². The maximum absolute atomic E-state index is 10.9. The number of carboxylic acids is 2. The SMILES string of the molecule is CC1(C(=O)O)C=C(Cl)C=C(C(=O)O)C1. The molecule has 4 nitrogen and oxygen atoms in total. The Bertz CT molecular complexity index is 356. The minimum absolute atomic E-state index is 0.0161. The lowest BCUT2D eigenvalue weighted by Crippen LogP contribution is -2.29. The zero-order valence-corrected chi connectivity index (χ0v) is 8.21. The summed E-state index contributed by atoms with van der Waals surface area (Å²) in [6.07, 6.45) is 2.58. The van der Waals surface area contributed by atoms with Gasteiger partial charge in [-0.15, -0.1) is 0 Å². The third-order valence-corrected chi connectivity index (χ3v) is 2.31. The second-order valence-corrected chi connectivity index (χ2v) is 3.84. The monoisotopic (exact) mass is 216 g/mol. The highest BCUT2D eigenvalue weighted by atomic mass is 35.5. The van der Waals surface area contributed by atoms with Gasteiger partial charge in [0.15, 0.2) is 0 Å². The maximum atomic E-state index is 10.9. The Morgan fingerprint density at radius 2 is 2.07 bits per heavy atom. The van der Waals surface area contributed by atoms with Gasteiger partial charge >= 0.3 is 11.9 Å². The molecule has 0 aromatic carbocycles. The van der Waals surface area contributed by atoms with E-state index < -0.39 is 17.4 Å². The Morgan fingerprint density at radius 3 is 2.50 bits per heavy atom. The van der Waals surface area contributed by atoms with Crippen LogP contribution in [0.25, 0.3) is 0 Å². The van der Waals surface area contributed by atoms with Crippen LogP contribution < -0.4 is 0 Å². The van der Waals surface area contributed by atoms with E-state index in [-0.39, 0.29) is 17.0 Å². The van der Waals surface area contributed by atoms with E-state index in [1.807, 2.05) is 0 Å². The van der Waals surface area contributed by atoms with E-state index in [9.17, 15) is 9.59 Å². The number of hydrogen-bond acceptors (Lipinski definition) is 2. The van der Waals surface area contributed by atoms with Gasteiger partial charge in [0.1, 0.15) is 0 Å². The molecule has 0 saturated heterocycles. The summed E-state index contributed by atoms with van der Waals surface area (Å²) in [5, 5.41) is 17.8. The van der Waals surface area contributed by atoms with Crippen LogP contribution in [-0.4, -0.2) is 22.2 Å². The highest BCUT2D eigenvalue weighted by molar-refractivity contribution is 6.31. The summed E-state index contributed by atoms with van der Waals surface area (Å²) in [6.45, 7) is 1.44. The van der Waals surface area contributed by atoms with Gasteiger partial charge in [0.25, 0.3) is 0 Å². The van der Waals surface area contributed by atoms with Crippen LogP contribution >= 0.6 is 11.6 Å². The average molecular weight is 217 g/mol. The van der Waals surface area contributed by atoms with E-state index in [0.717, 1.165) is 0 Å². The van der Waals surface area contributed by atoms with Gasteiger partial charge in [0.2, 0.25) is 0 Å². The topological polar surface area (TPSA) is 74.6 Å². The van der Waals surface area contributed by atoms with Crippen molar-refractivity contribution in [2.75, 3.05) is 0 Å². The fourth-order valence-corrected chi connectivity index (χ4v) is 1.66. The molecule has 0 aromatic rings. The molecular weight excluding hydrogens is 208 g/mol. The first kappa shape index (κ1) is 10.8. The smallest absolute Gasteiger partial charge is 0.331 e. The van der Waals surface area contributed by atoms with Gasteiger partial charge in [-0.2, -0.15) is 0 Å². The average Bonchev–Trinajstić information content (AvgIpc) is 2.02. The molecule has 76 valence electrons. The summed E-state index contributed by atoms with van der Waals surface area (Å²) in [5.41, 5.74) is -1.21. The van der Waals surface area contributed by atoms with Gasteiger partial charge in [-0.1, -0.05) is 11.6 Å². The molecule has 1 aliphatic carbocycles.